The molecule has 1 unspecified atom stereocenters. The molecule has 5 heteroatoms. The Bertz CT molecular complexity index is 879. The Balaban J connectivity index is 1.98. The van der Waals surface area contributed by atoms with Crippen molar-refractivity contribution >= 4 is 11.9 Å². The molecule has 1 aromatic rings. The van der Waals surface area contributed by atoms with Gasteiger partial charge in [-0.2, -0.15) is 0 Å². The molecule has 1 atom stereocenters. The third kappa shape index (κ3) is 10.1. The highest BCUT2D eigenvalue weighted by molar-refractivity contribution is 5.88. The monoisotopic (exact) mass is 512 g/mol. The average molecular weight is 513 g/mol. The first kappa shape index (κ1) is 30.8. The number of hydrogen-bond acceptors (Lipinski definition) is 5. The van der Waals surface area contributed by atoms with Gasteiger partial charge in [0.1, 0.15) is 13.2 Å². The summed E-state index contributed by atoms with van der Waals surface area (Å²) >= 11 is 0. The van der Waals surface area contributed by atoms with E-state index in [1.165, 1.54) is 62.5 Å². The standard InChI is InChI=1S/C32H48O5/c1-6-8-9-10-26-11-15-28(16-12-26)29-17-13-27(14-18-29)19-20-32(7-2,22-36-30(34)24(3)4)23-37-31(35)25(5)21-33/h13-14,17-18,26,28,33H,3,5-12,15-16,19-23H2,1-2,4H3. The predicted octanol–water partition coefficient (Wildman–Crippen LogP) is 7.08. The van der Waals surface area contributed by atoms with E-state index in [1.807, 2.05) is 6.92 Å². The molecule has 0 bridgehead atoms. The number of aliphatic hydroxyl groups is 1. The molecule has 2 rings (SSSR count). The molecule has 37 heavy (non-hydrogen) atoms. The van der Waals surface area contributed by atoms with E-state index in [1.54, 1.807) is 6.92 Å². The summed E-state index contributed by atoms with van der Waals surface area (Å²) in [6.45, 7) is 12.8. The second-order valence-corrected chi connectivity index (χ2v) is 11.0. The summed E-state index contributed by atoms with van der Waals surface area (Å²) in [5, 5.41) is 9.17. The number of benzene rings is 1. The van der Waals surface area contributed by atoms with Crippen LogP contribution < -0.4 is 0 Å². The van der Waals surface area contributed by atoms with Crippen LogP contribution in [0.2, 0.25) is 0 Å². The van der Waals surface area contributed by atoms with Gasteiger partial charge in [0, 0.05) is 11.0 Å². The predicted molar refractivity (Wildman–Crippen MR) is 149 cm³/mol. The zero-order chi connectivity index (χ0) is 27.3. The van der Waals surface area contributed by atoms with E-state index in [2.05, 4.69) is 44.3 Å². The first-order valence-corrected chi connectivity index (χ1v) is 14.1. The fraction of sp³-hybridized carbons (Fsp3) is 0.625. The molecule has 0 aliphatic heterocycles. The molecule has 0 radical (unpaired) electrons. The molecule has 0 heterocycles. The molecule has 206 valence electrons. The van der Waals surface area contributed by atoms with Gasteiger partial charge in [0.25, 0.3) is 0 Å². The Hall–Kier alpha value is -2.40. The van der Waals surface area contributed by atoms with Gasteiger partial charge in [-0.05, 0) is 74.8 Å². The summed E-state index contributed by atoms with van der Waals surface area (Å²) in [5.41, 5.74) is 2.46. The Kier molecular flexibility index (Phi) is 13.1. The van der Waals surface area contributed by atoms with Crippen molar-refractivity contribution < 1.29 is 24.2 Å². The van der Waals surface area contributed by atoms with Gasteiger partial charge in [0.2, 0.25) is 0 Å². The highest BCUT2D eigenvalue weighted by Gasteiger charge is 2.32. The second kappa shape index (κ2) is 15.8. The molecule has 0 saturated heterocycles. The summed E-state index contributed by atoms with van der Waals surface area (Å²) in [5.74, 6) is 0.489. The smallest absolute Gasteiger partial charge is 0.335 e. The Morgan fingerprint density at radius 3 is 2.14 bits per heavy atom. The van der Waals surface area contributed by atoms with Gasteiger partial charge in [-0.1, -0.05) is 77.0 Å². The number of esters is 2. The molecule has 1 aliphatic carbocycles. The summed E-state index contributed by atoms with van der Waals surface area (Å²) in [7, 11) is 0. The molecule has 1 aliphatic rings. The van der Waals surface area contributed by atoms with Crippen molar-refractivity contribution in [2.75, 3.05) is 19.8 Å². The largest absolute Gasteiger partial charge is 0.462 e. The topological polar surface area (TPSA) is 72.8 Å². The molecule has 1 N–H and O–H groups in total. The van der Waals surface area contributed by atoms with Crippen molar-refractivity contribution in [1.82, 2.24) is 0 Å². The number of unbranched alkanes of at least 4 members (excludes halogenated alkanes) is 2. The van der Waals surface area contributed by atoms with Gasteiger partial charge in [0.05, 0.1) is 12.2 Å². The molecule has 1 aromatic carbocycles. The van der Waals surface area contributed by atoms with Crippen LogP contribution in [0.1, 0.15) is 102 Å². The second-order valence-electron chi connectivity index (χ2n) is 11.0. The number of carbonyl (C=O) groups excluding carboxylic acids is 2. The SMILES string of the molecule is C=C(C)C(=O)OCC(CC)(CCc1ccc(C2CCC(CCCCC)CC2)cc1)COC(=O)C(=C)CO. The molecule has 0 spiro atoms. The number of hydrogen-bond donors (Lipinski definition) is 1. The van der Waals surface area contributed by atoms with Gasteiger partial charge in [0.15, 0.2) is 0 Å². The summed E-state index contributed by atoms with van der Waals surface area (Å²) < 4.78 is 11.0. The van der Waals surface area contributed by atoms with Gasteiger partial charge in [-0.3, -0.25) is 0 Å². The zero-order valence-electron chi connectivity index (χ0n) is 23.4. The van der Waals surface area contributed by atoms with Gasteiger partial charge >= 0.3 is 11.9 Å². The summed E-state index contributed by atoms with van der Waals surface area (Å²) in [6.07, 6.45) is 12.8. The third-order valence-electron chi connectivity index (χ3n) is 8.05. The van der Waals surface area contributed by atoms with E-state index in [0.29, 0.717) is 24.3 Å². The quantitative estimate of drug-likeness (QED) is 0.146. The van der Waals surface area contributed by atoms with E-state index < -0.39 is 24.0 Å². The normalized spacial score (nSPS) is 19.0. The van der Waals surface area contributed by atoms with E-state index in [0.717, 1.165) is 12.3 Å². The van der Waals surface area contributed by atoms with Crippen molar-refractivity contribution in [2.45, 2.75) is 97.3 Å². The minimum atomic E-state index is -0.629. The van der Waals surface area contributed by atoms with Crippen LogP contribution >= 0.6 is 0 Å². The van der Waals surface area contributed by atoms with E-state index in [9.17, 15) is 14.7 Å². The first-order chi connectivity index (χ1) is 17.7. The van der Waals surface area contributed by atoms with Crippen LogP contribution in [0.5, 0.6) is 0 Å². The van der Waals surface area contributed by atoms with E-state index in [4.69, 9.17) is 9.47 Å². The molecule has 0 aromatic heterocycles. The lowest BCUT2D eigenvalue weighted by Gasteiger charge is -2.32. The fourth-order valence-electron chi connectivity index (χ4n) is 5.13. The van der Waals surface area contributed by atoms with E-state index in [-0.39, 0.29) is 18.8 Å². The molecule has 1 fully saturated rings. The van der Waals surface area contributed by atoms with Crippen molar-refractivity contribution in [3.05, 3.63) is 59.7 Å². The Morgan fingerprint density at radius 1 is 0.973 bits per heavy atom. The van der Waals surface area contributed by atoms with Crippen molar-refractivity contribution in [1.29, 1.82) is 0 Å². The Morgan fingerprint density at radius 2 is 1.59 bits per heavy atom. The average Bonchev–Trinajstić information content (AvgIpc) is 2.92. The van der Waals surface area contributed by atoms with Crippen LogP contribution in [-0.4, -0.2) is 36.9 Å². The minimum absolute atomic E-state index is 0.00881. The summed E-state index contributed by atoms with van der Waals surface area (Å²) in [4.78, 5) is 24.2. The molecular formula is C32H48O5. The number of rotatable bonds is 16. The number of carbonyl (C=O) groups is 2. The van der Waals surface area contributed by atoms with Gasteiger partial charge in [-0.15, -0.1) is 0 Å². The summed E-state index contributed by atoms with van der Waals surface area (Å²) in [6, 6.07) is 8.97. The van der Waals surface area contributed by atoms with Crippen LogP contribution in [-0.2, 0) is 25.5 Å². The van der Waals surface area contributed by atoms with Crippen LogP contribution in [0.15, 0.2) is 48.6 Å². The number of aliphatic hydroxyl groups excluding tert-OH is 1. The lowest BCUT2D eigenvalue weighted by Crippen LogP contribution is -2.35. The van der Waals surface area contributed by atoms with Crippen LogP contribution in [0.3, 0.4) is 0 Å². The number of ether oxygens (including phenoxy) is 2. The van der Waals surface area contributed by atoms with Crippen molar-refractivity contribution in [3.63, 3.8) is 0 Å². The maximum Gasteiger partial charge on any atom is 0.335 e. The maximum absolute atomic E-state index is 12.1. The van der Waals surface area contributed by atoms with Crippen molar-refractivity contribution in [3.8, 4) is 0 Å². The van der Waals surface area contributed by atoms with Crippen LogP contribution in [0, 0.1) is 11.3 Å². The van der Waals surface area contributed by atoms with Gasteiger partial charge in [-0.25, -0.2) is 9.59 Å². The lowest BCUT2D eigenvalue weighted by molar-refractivity contribution is -0.150. The molecular weight excluding hydrogens is 464 g/mol. The highest BCUT2D eigenvalue weighted by atomic mass is 16.5. The van der Waals surface area contributed by atoms with Crippen molar-refractivity contribution in [2.24, 2.45) is 11.3 Å². The number of aryl methyl sites for hydroxylation is 1. The molecule has 0 amide bonds. The zero-order valence-corrected chi connectivity index (χ0v) is 23.4. The first-order valence-electron chi connectivity index (χ1n) is 14.1. The lowest BCUT2D eigenvalue weighted by atomic mass is 9.76. The highest BCUT2D eigenvalue weighted by Crippen LogP contribution is 2.38. The third-order valence-corrected chi connectivity index (χ3v) is 8.05. The minimum Gasteiger partial charge on any atom is -0.462 e. The molecule has 1 saturated carbocycles. The Labute approximate surface area is 224 Å². The fourth-order valence-corrected chi connectivity index (χ4v) is 5.13. The molecule has 5 nitrogen and oxygen atoms in total. The van der Waals surface area contributed by atoms with E-state index >= 15 is 0 Å². The van der Waals surface area contributed by atoms with Crippen LogP contribution in [0.4, 0.5) is 0 Å². The van der Waals surface area contributed by atoms with Crippen LogP contribution in [0.25, 0.3) is 0 Å². The maximum atomic E-state index is 12.1. The van der Waals surface area contributed by atoms with Gasteiger partial charge < -0.3 is 14.6 Å².